The van der Waals surface area contributed by atoms with Crippen LogP contribution in [0, 0.1) is 0 Å². The second-order valence-corrected chi connectivity index (χ2v) is 9.77. The van der Waals surface area contributed by atoms with Crippen molar-refractivity contribution in [1.29, 1.82) is 0 Å². The molecule has 0 spiro atoms. The van der Waals surface area contributed by atoms with Gasteiger partial charge in [0.25, 0.3) is 5.54 Å². The summed E-state index contributed by atoms with van der Waals surface area (Å²) in [6.07, 6.45) is 4.09. The Hall–Kier alpha value is -3.02. The molecule has 0 saturated carbocycles. The average molecular weight is 526 g/mol. The van der Waals surface area contributed by atoms with Crippen LogP contribution in [0.3, 0.4) is 0 Å². The van der Waals surface area contributed by atoms with E-state index in [2.05, 4.69) is 22.7 Å². The molecule has 0 bridgehead atoms. The normalized spacial score (nSPS) is 19.2. The van der Waals surface area contributed by atoms with Gasteiger partial charge >= 0.3 is 5.97 Å². The van der Waals surface area contributed by atoms with Gasteiger partial charge in [0, 0.05) is 21.2 Å². The highest BCUT2D eigenvalue weighted by Crippen LogP contribution is 2.48. The average Bonchev–Trinajstić information content (AvgIpc) is 3.22. The van der Waals surface area contributed by atoms with Gasteiger partial charge in [-0.3, -0.25) is 4.58 Å². The Balaban J connectivity index is 1.93. The molecule has 0 saturated heterocycles. The number of ether oxygens (including phenoxy) is 2. The first-order valence-corrected chi connectivity index (χ1v) is 12.8. The van der Waals surface area contributed by atoms with E-state index >= 15 is 0 Å². The Morgan fingerprint density at radius 1 is 0.944 bits per heavy atom. The Bertz CT molecular complexity index is 1210. The van der Waals surface area contributed by atoms with Crippen molar-refractivity contribution in [2.45, 2.75) is 37.9 Å². The van der Waals surface area contributed by atoms with E-state index < -0.39 is 5.54 Å². The number of hydrogen-bond acceptors (Lipinski definition) is 4. The van der Waals surface area contributed by atoms with Crippen LogP contribution >= 0.6 is 23.2 Å². The molecule has 0 unspecified atom stereocenters. The number of carbonyl (C=O) groups is 1. The van der Waals surface area contributed by atoms with Crippen molar-refractivity contribution in [3.8, 4) is 5.75 Å². The first-order chi connectivity index (χ1) is 17.4. The number of carbonyl (C=O) groups excluding carboxylic acids is 1. The van der Waals surface area contributed by atoms with Crippen LogP contribution in [-0.4, -0.2) is 42.5 Å². The molecule has 0 N–H and O–H groups in total. The molecule has 4 rings (SSSR count). The van der Waals surface area contributed by atoms with Crippen LogP contribution < -0.4 is 4.74 Å². The molecule has 0 fully saturated rings. The molecule has 1 aliphatic heterocycles. The number of nitrogens with zero attached hydrogens (tertiary/aromatic N) is 2. The predicted molar refractivity (Wildman–Crippen MR) is 144 cm³/mol. The molecule has 3 aromatic carbocycles. The number of hydrogen-bond donors (Lipinski definition) is 0. The van der Waals surface area contributed by atoms with E-state index in [1.165, 1.54) is 7.11 Å². The van der Waals surface area contributed by atoms with Gasteiger partial charge in [0.15, 0.2) is 6.04 Å². The van der Waals surface area contributed by atoms with E-state index in [1.807, 2.05) is 72.8 Å². The summed E-state index contributed by atoms with van der Waals surface area (Å²) in [5.41, 5.74) is 1.68. The number of halogens is 2. The van der Waals surface area contributed by atoms with Gasteiger partial charge in [0.05, 0.1) is 20.8 Å². The van der Waals surface area contributed by atoms with Crippen molar-refractivity contribution >= 4 is 35.5 Å². The second-order valence-electron chi connectivity index (χ2n) is 8.90. The molecule has 3 aromatic rings. The van der Waals surface area contributed by atoms with Crippen LogP contribution in [-0.2, 0) is 21.6 Å². The largest absolute Gasteiger partial charge is 0.497 e. The molecule has 188 valence electrons. The molecule has 5 nitrogen and oxygen atoms in total. The quantitative estimate of drug-likeness (QED) is 0.237. The van der Waals surface area contributed by atoms with Gasteiger partial charge in [-0.15, -0.1) is 0 Å². The molecule has 0 amide bonds. The van der Waals surface area contributed by atoms with Gasteiger partial charge in [0.2, 0.25) is 6.34 Å². The van der Waals surface area contributed by atoms with Crippen LogP contribution in [0.2, 0.25) is 10.0 Å². The number of rotatable bonds is 9. The van der Waals surface area contributed by atoms with Gasteiger partial charge < -0.3 is 9.47 Å². The fraction of sp³-hybridized carbons (Fsp3) is 0.310. The first-order valence-electron chi connectivity index (χ1n) is 12.0. The van der Waals surface area contributed by atoms with Gasteiger partial charge in [-0.25, -0.2) is 9.69 Å². The minimum atomic E-state index is -1.15. The summed E-state index contributed by atoms with van der Waals surface area (Å²) in [6, 6.07) is 22.7. The summed E-state index contributed by atoms with van der Waals surface area (Å²) in [6.45, 7) is 3.44. The smallest absolute Gasteiger partial charge is 0.364 e. The second kappa shape index (κ2) is 11.4. The van der Waals surface area contributed by atoms with Crippen molar-refractivity contribution in [3.63, 3.8) is 0 Å². The summed E-state index contributed by atoms with van der Waals surface area (Å²) in [5.74, 6) is 0.443. The fourth-order valence-corrected chi connectivity index (χ4v) is 5.21. The zero-order valence-electron chi connectivity index (χ0n) is 20.8. The molecule has 36 heavy (non-hydrogen) atoms. The summed E-state index contributed by atoms with van der Waals surface area (Å²) in [7, 11) is 3.09. The summed E-state index contributed by atoms with van der Waals surface area (Å²) in [4.78, 5) is 16.1. The monoisotopic (exact) mass is 525 g/mol. The van der Waals surface area contributed by atoms with Gasteiger partial charge in [-0.2, -0.15) is 0 Å². The van der Waals surface area contributed by atoms with Crippen molar-refractivity contribution in [1.82, 2.24) is 4.90 Å². The maximum absolute atomic E-state index is 14.0. The van der Waals surface area contributed by atoms with Crippen molar-refractivity contribution < 1.29 is 18.8 Å². The van der Waals surface area contributed by atoms with Crippen LogP contribution in [0.25, 0.3) is 0 Å². The van der Waals surface area contributed by atoms with E-state index in [4.69, 9.17) is 32.7 Å². The minimum absolute atomic E-state index is 0.339. The maximum Gasteiger partial charge on any atom is 0.364 e. The van der Waals surface area contributed by atoms with Crippen molar-refractivity contribution in [3.05, 3.63) is 99.5 Å². The lowest BCUT2D eigenvalue weighted by Gasteiger charge is -2.35. The highest BCUT2D eigenvalue weighted by atomic mass is 35.5. The lowest BCUT2D eigenvalue weighted by atomic mass is 9.78. The SMILES string of the molecule is CCCC[N+]1=CN(Cc2ccc(OC)cc2)[C@@](C(=O)OC)(c2ccc(Cl)cc2)[C@H]1c1ccc(Cl)cc1. The van der Waals surface area contributed by atoms with Crippen molar-refractivity contribution in [2.24, 2.45) is 0 Å². The van der Waals surface area contributed by atoms with E-state index in [1.54, 1.807) is 7.11 Å². The molecule has 1 aliphatic rings. The summed E-state index contributed by atoms with van der Waals surface area (Å²) >= 11 is 12.5. The van der Waals surface area contributed by atoms with Gasteiger partial charge in [0.1, 0.15) is 12.3 Å². The third-order valence-electron chi connectivity index (χ3n) is 6.72. The molecular formula is C29H31Cl2N2O3+. The lowest BCUT2D eigenvalue weighted by molar-refractivity contribution is -0.568. The molecule has 0 aliphatic carbocycles. The van der Waals surface area contributed by atoms with E-state index in [9.17, 15) is 4.79 Å². The highest BCUT2D eigenvalue weighted by Gasteiger charge is 2.64. The molecule has 2 atom stereocenters. The Morgan fingerprint density at radius 3 is 2.11 bits per heavy atom. The van der Waals surface area contributed by atoms with Crippen molar-refractivity contribution in [2.75, 3.05) is 20.8 Å². The van der Waals surface area contributed by atoms with Gasteiger partial charge in [-0.05, 0) is 48.4 Å². The highest BCUT2D eigenvalue weighted by molar-refractivity contribution is 6.30. The number of benzene rings is 3. The van der Waals surface area contributed by atoms with E-state index in [0.717, 1.165) is 41.8 Å². The maximum atomic E-state index is 14.0. The topological polar surface area (TPSA) is 41.8 Å². The predicted octanol–water partition coefficient (Wildman–Crippen LogP) is 6.47. The standard InChI is InChI=1S/C29H31Cl2N2O3/c1-4-5-18-32-20-33(19-21-6-16-26(35-2)17-7-21)29(28(34)36-3,23-10-14-25(31)15-11-23)27(32)22-8-12-24(30)13-9-22/h6-17,20,27H,4-5,18-19H2,1-3H3/q+1/t27-,29+/m1/s1. The van der Waals surface area contributed by atoms with E-state index in [-0.39, 0.29) is 12.0 Å². The van der Waals surface area contributed by atoms with Crippen LogP contribution in [0.5, 0.6) is 5.75 Å². The lowest BCUT2D eigenvalue weighted by Crippen LogP contribution is -2.52. The summed E-state index contributed by atoms with van der Waals surface area (Å²) < 4.78 is 13.1. The zero-order chi connectivity index (χ0) is 25.7. The molecular weight excluding hydrogens is 495 g/mol. The Labute approximate surface area is 222 Å². The molecule has 0 aromatic heterocycles. The Morgan fingerprint density at radius 2 is 1.56 bits per heavy atom. The molecule has 7 heteroatoms. The Kier molecular flexibility index (Phi) is 8.22. The third-order valence-corrected chi connectivity index (χ3v) is 7.22. The first kappa shape index (κ1) is 26.1. The van der Waals surface area contributed by atoms with Gasteiger partial charge in [-0.1, -0.05) is 72.9 Å². The van der Waals surface area contributed by atoms with E-state index in [0.29, 0.717) is 16.6 Å². The zero-order valence-corrected chi connectivity index (χ0v) is 22.3. The summed E-state index contributed by atoms with van der Waals surface area (Å²) in [5, 5.41) is 1.25. The number of esters is 1. The molecule has 0 radical (unpaired) electrons. The molecule has 1 heterocycles. The third kappa shape index (κ3) is 4.95. The van der Waals surface area contributed by atoms with Crippen LogP contribution in [0.15, 0.2) is 72.8 Å². The fourth-order valence-electron chi connectivity index (χ4n) is 4.96. The number of unbranched alkanes of at least 4 members (excludes halogenated alkanes) is 1. The van der Waals surface area contributed by atoms with Crippen LogP contribution in [0.1, 0.15) is 42.5 Å². The van der Waals surface area contributed by atoms with Crippen LogP contribution in [0.4, 0.5) is 0 Å². The number of methoxy groups -OCH3 is 2. The minimum Gasteiger partial charge on any atom is -0.497 e.